The molecule has 5 heteroatoms. The fourth-order valence-electron chi connectivity index (χ4n) is 1.77. The number of oxime groups is 1. The number of piperidine rings is 1. The Hall–Kier alpha value is -1.26. The van der Waals surface area contributed by atoms with Crippen molar-refractivity contribution in [2.24, 2.45) is 11.1 Å². The molecule has 0 saturated carbocycles. The molecule has 0 N–H and O–H groups in total. The number of amides is 1. The van der Waals surface area contributed by atoms with E-state index < -0.39 is 5.60 Å². The fourth-order valence-corrected chi connectivity index (χ4v) is 1.77. The van der Waals surface area contributed by atoms with E-state index in [4.69, 9.17) is 9.57 Å². The summed E-state index contributed by atoms with van der Waals surface area (Å²) in [5, 5.41) is 3.97. The molecule has 1 atom stereocenters. The third kappa shape index (κ3) is 4.24. The van der Waals surface area contributed by atoms with Crippen LogP contribution < -0.4 is 0 Å². The predicted molar refractivity (Wildman–Crippen MR) is 66.0 cm³/mol. The van der Waals surface area contributed by atoms with E-state index >= 15 is 0 Å². The van der Waals surface area contributed by atoms with Gasteiger partial charge in [0.2, 0.25) is 0 Å². The van der Waals surface area contributed by atoms with Crippen molar-refractivity contribution >= 4 is 11.8 Å². The van der Waals surface area contributed by atoms with E-state index in [1.807, 2.05) is 27.7 Å². The number of rotatable bonds is 1. The van der Waals surface area contributed by atoms with Gasteiger partial charge in [0.05, 0.1) is 5.71 Å². The highest BCUT2D eigenvalue weighted by Gasteiger charge is 2.29. The summed E-state index contributed by atoms with van der Waals surface area (Å²) < 4.78 is 5.34. The topological polar surface area (TPSA) is 51.1 Å². The summed E-state index contributed by atoms with van der Waals surface area (Å²) in [6.45, 7) is 8.93. The van der Waals surface area contributed by atoms with Crippen LogP contribution in [0.5, 0.6) is 0 Å². The molecule has 1 saturated heterocycles. The maximum Gasteiger partial charge on any atom is 0.410 e. The Morgan fingerprint density at radius 2 is 2.12 bits per heavy atom. The molecule has 17 heavy (non-hydrogen) atoms. The highest BCUT2D eigenvalue weighted by atomic mass is 16.6. The van der Waals surface area contributed by atoms with Gasteiger partial charge in [-0.05, 0) is 20.8 Å². The second-order valence-electron chi connectivity index (χ2n) is 5.34. The Bertz CT molecular complexity index is 307. The number of nitrogens with zero attached hydrogens (tertiary/aromatic N) is 2. The highest BCUT2D eigenvalue weighted by Crippen LogP contribution is 2.17. The number of carbonyl (C=O) groups is 1. The van der Waals surface area contributed by atoms with E-state index in [2.05, 4.69) is 5.16 Å². The monoisotopic (exact) mass is 242 g/mol. The highest BCUT2D eigenvalue weighted by molar-refractivity contribution is 5.88. The van der Waals surface area contributed by atoms with Crippen LogP contribution in [-0.2, 0) is 9.57 Å². The van der Waals surface area contributed by atoms with Crippen molar-refractivity contribution in [3.63, 3.8) is 0 Å². The van der Waals surface area contributed by atoms with Crippen LogP contribution >= 0.6 is 0 Å². The zero-order chi connectivity index (χ0) is 13.1. The first-order valence-electron chi connectivity index (χ1n) is 5.91. The van der Waals surface area contributed by atoms with Gasteiger partial charge in [-0.1, -0.05) is 12.1 Å². The van der Waals surface area contributed by atoms with Crippen molar-refractivity contribution in [3.05, 3.63) is 0 Å². The average Bonchev–Trinajstić information content (AvgIpc) is 2.18. The molecule has 1 aliphatic heterocycles. The number of hydrogen-bond acceptors (Lipinski definition) is 4. The molecule has 98 valence electrons. The molecule has 1 unspecified atom stereocenters. The van der Waals surface area contributed by atoms with Crippen LogP contribution in [0.2, 0.25) is 0 Å². The molecule has 1 rings (SSSR count). The van der Waals surface area contributed by atoms with Crippen LogP contribution in [0.1, 0.15) is 34.1 Å². The van der Waals surface area contributed by atoms with Crippen molar-refractivity contribution in [3.8, 4) is 0 Å². The Labute approximate surface area is 103 Å². The lowest BCUT2D eigenvalue weighted by Gasteiger charge is -2.33. The first-order valence-corrected chi connectivity index (χ1v) is 5.91. The first kappa shape index (κ1) is 13.8. The maximum absolute atomic E-state index is 11.9. The van der Waals surface area contributed by atoms with Gasteiger partial charge in [-0.25, -0.2) is 4.79 Å². The Balaban J connectivity index is 2.55. The fraction of sp³-hybridized carbons (Fsp3) is 0.833. The third-order valence-electron chi connectivity index (χ3n) is 2.56. The van der Waals surface area contributed by atoms with Gasteiger partial charge >= 0.3 is 6.09 Å². The largest absolute Gasteiger partial charge is 0.444 e. The molecular weight excluding hydrogens is 220 g/mol. The van der Waals surface area contributed by atoms with Crippen molar-refractivity contribution in [1.82, 2.24) is 4.90 Å². The molecule has 0 aromatic rings. The van der Waals surface area contributed by atoms with Crippen molar-refractivity contribution in [1.29, 1.82) is 0 Å². The normalized spacial score (nSPS) is 23.7. The van der Waals surface area contributed by atoms with E-state index in [-0.39, 0.29) is 12.0 Å². The third-order valence-corrected chi connectivity index (χ3v) is 2.56. The van der Waals surface area contributed by atoms with Gasteiger partial charge < -0.3 is 14.5 Å². The lowest BCUT2D eigenvalue weighted by molar-refractivity contribution is 0.0225. The molecule has 0 aromatic carbocycles. The van der Waals surface area contributed by atoms with Crippen LogP contribution in [-0.4, -0.2) is 42.5 Å². The van der Waals surface area contributed by atoms with Gasteiger partial charge in [0.25, 0.3) is 0 Å². The van der Waals surface area contributed by atoms with Gasteiger partial charge in [-0.3, -0.25) is 0 Å². The Morgan fingerprint density at radius 3 is 2.59 bits per heavy atom. The standard InChI is InChI=1S/C12H22N2O3/c1-9-8-14(7-6-10(9)13-16-5)11(15)17-12(2,3)4/h9H,6-8H2,1-5H3. The summed E-state index contributed by atoms with van der Waals surface area (Å²) in [6.07, 6.45) is 0.495. The van der Waals surface area contributed by atoms with Gasteiger partial charge in [0.1, 0.15) is 12.7 Å². The molecule has 5 nitrogen and oxygen atoms in total. The Morgan fingerprint density at radius 1 is 1.47 bits per heavy atom. The molecule has 0 aromatic heterocycles. The molecule has 0 spiro atoms. The minimum Gasteiger partial charge on any atom is -0.444 e. The SMILES string of the molecule is CON=C1CCN(C(=O)OC(C)(C)C)CC1C. The second kappa shape index (κ2) is 5.38. The van der Waals surface area contributed by atoms with Crippen LogP contribution in [0.15, 0.2) is 5.16 Å². The van der Waals surface area contributed by atoms with Crippen LogP contribution in [0.25, 0.3) is 0 Å². The summed E-state index contributed by atoms with van der Waals surface area (Å²) in [7, 11) is 1.54. The van der Waals surface area contributed by atoms with E-state index in [1.165, 1.54) is 0 Å². The Kier molecular flexibility index (Phi) is 4.37. The quantitative estimate of drug-likeness (QED) is 0.663. The average molecular weight is 242 g/mol. The zero-order valence-electron chi connectivity index (χ0n) is 11.3. The van der Waals surface area contributed by atoms with Gasteiger partial charge in [0.15, 0.2) is 0 Å². The number of likely N-dealkylation sites (tertiary alicyclic amines) is 1. The van der Waals surface area contributed by atoms with Crippen LogP contribution in [0.3, 0.4) is 0 Å². The molecule has 1 fully saturated rings. The summed E-state index contributed by atoms with van der Waals surface area (Å²) in [5.41, 5.74) is 0.564. The first-order chi connectivity index (χ1) is 7.83. The minimum atomic E-state index is -0.443. The van der Waals surface area contributed by atoms with Crippen LogP contribution in [0, 0.1) is 5.92 Å². The van der Waals surface area contributed by atoms with Gasteiger partial charge in [-0.15, -0.1) is 0 Å². The molecule has 1 aliphatic rings. The number of carbonyl (C=O) groups excluding carboxylic acids is 1. The van der Waals surface area contributed by atoms with Crippen LogP contribution in [0.4, 0.5) is 4.79 Å². The van der Waals surface area contributed by atoms with E-state index in [0.717, 1.165) is 12.1 Å². The summed E-state index contributed by atoms with van der Waals surface area (Å²) in [5.74, 6) is 0.219. The number of ether oxygens (including phenoxy) is 1. The predicted octanol–water partition coefficient (Wildman–Crippen LogP) is 2.27. The molecular formula is C12H22N2O3. The molecule has 0 bridgehead atoms. The zero-order valence-corrected chi connectivity index (χ0v) is 11.3. The lowest BCUT2D eigenvalue weighted by Crippen LogP contribution is -2.45. The molecule has 0 radical (unpaired) electrons. The van der Waals surface area contributed by atoms with Gasteiger partial charge in [-0.2, -0.15) is 0 Å². The maximum atomic E-state index is 11.9. The van der Waals surface area contributed by atoms with Gasteiger partial charge in [0, 0.05) is 25.4 Å². The molecule has 1 heterocycles. The van der Waals surface area contributed by atoms with E-state index in [1.54, 1.807) is 12.0 Å². The van der Waals surface area contributed by atoms with E-state index in [0.29, 0.717) is 13.1 Å². The van der Waals surface area contributed by atoms with E-state index in [9.17, 15) is 4.79 Å². The summed E-state index contributed by atoms with van der Waals surface area (Å²) in [4.78, 5) is 18.4. The summed E-state index contributed by atoms with van der Waals surface area (Å²) >= 11 is 0. The molecule has 0 aliphatic carbocycles. The smallest absolute Gasteiger partial charge is 0.410 e. The minimum absolute atomic E-state index is 0.219. The van der Waals surface area contributed by atoms with Crippen molar-refractivity contribution < 1.29 is 14.4 Å². The summed E-state index contributed by atoms with van der Waals surface area (Å²) in [6, 6.07) is 0. The van der Waals surface area contributed by atoms with Crippen molar-refractivity contribution in [2.75, 3.05) is 20.2 Å². The number of hydrogen-bond donors (Lipinski definition) is 0. The lowest BCUT2D eigenvalue weighted by atomic mass is 9.98. The second-order valence-corrected chi connectivity index (χ2v) is 5.34. The molecule has 1 amide bonds. The van der Waals surface area contributed by atoms with Crippen molar-refractivity contribution in [2.45, 2.75) is 39.7 Å².